The maximum Gasteiger partial charge on any atom is 0.0645 e. The van der Waals surface area contributed by atoms with E-state index in [4.69, 9.17) is 0 Å². The first-order valence-corrected chi connectivity index (χ1v) is 18.3. The fraction of sp³-hybridized carbons (Fsp3) is 0. The van der Waals surface area contributed by atoms with Gasteiger partial charge in [0.15, 0.2) is 0 Å². The zero-order chi connectivity index (χ0) is 43.5. The van der Waals surface area contributed by atoms with Gasteiger partial charge in [-0.15, -0.1) is 0 Å². The molecule has 0 atom stereocenters. The molecule has 0 amide bonds. The Morgan fingerprint density at radius 2 is 0.782 bits per heavy atom. The highest BCUT2D eigenvalue weighted by Crippen LogP contribution is 2.42. The number of hydrogen-bond acceptors (Lipinski definition) is 1. The number of benzene rings is 10. The van der Waals surface area contributed by atoms with Gasteiger partial charge in [0, 0.05) is 17.1 Å². The van der Waals surface area contributed by atoms with E-state index in [-0.39, 0.29) is 58.8 Å². The third-order valence-corrected chi connectivity index (χ3v) is 10.2. The van der Waals surface area contributed by atoms with E-state index in [1.54, 1.807) is 36.4 Å². The van der Waals surface area contributed by atoms with Crippen molar-refractivity contribution >= 4 is 49.4 Å². The van der Waals surface area contributed by atoms with Gasteiger partial charge in [0.2, 0.25) is 0 Å². The first kappa shape index (κ1) is 24.9. The third kappa shape index (κ3) is 6.12. The molecule has 0 aliphatic rings. The number of rotatable bonds is 7. The molecular weight excluding hydrogens is 663 g/mol. The van der Waals surface area contributed by atoms with Crippen molar-refractivity contribution < 1.29 is 11.0 Å². The number of anilines is 3. The van der Waals surface area contributed by atoms with Crippen LogP contribution in [0.5, 0.6) is 0 Å². The molecule has 10 aromatic rings. The topological polar surface area (TPSA) is 3.24 Å². The Bertz CT molecular complexity index is 3370. The predicted octanol–water partition coefficient (Wildman–Crippen LogP) is 15.3. The van der Waals surface area contributed by atoms with E-state index in [0.717, 1.165) is 54.6 Å². The maximum absolute atomic E-state index is 9.59. The van der Waals surface area contributed by atoms with Crippen molar-refractivity contribution in [3.8, 4) is 44.5 Å². The monoisotopic (exact) mass is 707 g/mol. The standard InChI is InChI=1S/C54H37N/c1-3-11-38(12-4-1)39-21-29-47(30-22-39)55(48-31-23-40(24-32-48)45-28-35-51-46(37-45)20-19-42-15-7-9-17-50(42)51)49-33-25-44(26-34-49)54-52-18-10-8-16-43(52)27-36-53(54)41-13-5-2-6-14-41/h1-37H/i21D,22D,23D,24D,29D,30D,31D,32D. The van der Waals surface area contributed by atoms with Crippen molar-refractivity contribution in [1.82, 2.24) is 0 Å². The van der Waals surface area contributed by atoms with E-state index in [0.29, 0.717) is 16.8 Å². The number of fused-ring (bicyclic) bond motifs is 4. The van der Waals surface area contributed by atoms with Crippen LogP contribution in [0.3, 0.4) is 0 Å². The normalized spacial score (nSPS) is 13.3. The Balaban J connectivity index is 1.19. The summed E-state index contributed by atoms with van der Waals surface area (Å²) in [4.78, 5) is 1.36. The second-order valence-corrected chi connectivity index (χ2v) is 13.5. The molecule has 55 heavy (non-hydrogen) atoms. The van der Waals surface area contributed by atoms with Crippen LogP contribution in [0.4, 0.5) is 17.1 Å². The van der Waals surface area contributed by atoms with E-state index in [2.05, 4.69) is 36.4 Å². The SMILES string of the molecule is [2H]c1c([2H])c(N(c2ccc(-c3c(-c4ccccc4)ccc4ccccc34)cc2)c2c([2H])c([2H])c(-c3ccc4c(ccc5ccccc54)c3)c([2H])c2[2H])c([2H])c([2H])c1-c1ccccc1. The number of hydrogen-bond donors (Lipinski definition) is 0. The highest BCUT2D eigenvalue weighted by molar-refractivity contribution is 6.08. The molecule has 0 N–H and O–H groups in total. The first-order chi connectivity index (χ1) is 30.6. The lowest BCUT2D eigenvalue weighted by Crippen LogP contribution is -2.09. The molecule has 0 saturated heterocycles. The van der Waals surface area contributed by atoms with Crippen LogP contribution in [0.15, 0.2) is 224 Å². The molecule has 0 bridgehead atoms. The van der Waals surface area contributed by atoms with Crippen molar-refractivity contribution in [2.24, 2.45) is 0 Å². The van der Waals surface area contributed by atoms with Gasteiger partial charge < -0.3 is 4.90 Å². The van der Waals surface area contributed by atoms with Gasteiger partial charge in [0.25, 0.3) is 0 Å². The Hall–Kier alpha value is -7.22. The van der Waals surface area contributed by atoms with Gasteiger partial charge in [-0.05, 0) is 119 Å². The molecule has 0 aliphatic heterocycles. The Morgan fingerprint density at radius 1 is 0.291 bits per heavy atom. The molecule has 0 saturated carbocycles. The summed E-state index contributed by atoms with van der Waals surface area (Å²) >= 11 is 0. The largest absolute Gasteiger partial charge is 0.311 e. The minimum atomic E-state index is -0.391. The van der Waals surface area contributed by atoms with Gasteiger partial charge in [-0.2, -0.15) is 0 Å². The summed E-state index contributed by atoms with van der Waals surface area (Å²) in [6.45, 7) is 0. The predicted molar refractivity (Wildman–Crippen MR) is 235 cm³/mol. The van der Waals surface area contributed by atoms with Crippen LogP contribution in [-0.2, 0) is 0 Å². The van der Waals surface area contributed by atoms with Crippen molar-refractivity contribution in [3.63, 3.8) is 0 Å². The van der Waals surface area contributed by atoms with Gasteiger partial charge in [-0.25, -0.2) is 0 Å². The summed E-state index contributed by atoms with van der Waals surface area (Å²) in [5, 5.41) is 6.13. The van der Waals surface area contributed by atoms with E-state index < -0.39 is 12.1 Å². The van der Waals surface area contributed by atoms with Gasteiger partial charge in [-0.3, -0.25) is 0 Å². The molecule has 0 aliphatic carbocycles. The van der Waals surface area contributed by atoms with Gasteiger partial charge in [-0.1, -0.05) is 182 Å². The molecule has 1 heteroatoms. The zero-order valence-electron chi connectivity index (χ0n) is 37.7. The molecule has 0 fully saturated rings. The van der Waals surface area contributed by atoms with E-state index in [1.165, 1.54) is 4.90 Å². The lowest BCUT2D eigenvalue weighted by Gasteiger charge is -2.26. The van der Waals surface area contributed by atoms with Gasteiger partial charge >= 0.3 is 0 Å². The quantitative estimate of drug-likeness (QED) is 0.149. The molecule has 0 radical (unpaired) electrons. The van der Waals surface area contributed by atoms with Crippen molar-refractivity contribution in [1.29, 1.82) is 0 Å². The summed E-state index contributed by atoms with van der Waals surface area (Å²) in [6, 6.07) is 53.6. The molecule has 0 spiro atoms. The summed E-state index contributed by atoms with van der Waals surface area (Å²) in [7, 11) is 0. The van der Waals surface area contributed by atoms with Crippen LogP contribution in [0.2, 0.25) is 0 Å². The lowest BCUT2D eigenvalue weighted by atomic mass is 9.89. The average molecular weight is 708 g/mol. The third-order valence-electron chi connectivity index (χ3n) is 10.2. The lowest BCUT2D eigenvalue weighted by molar-refractivity contribution is 1.28. The Kier molecular flexibility index (Phi) is 6.33. The molecule has 0 aromatic heterocycles. The highest BCUT2D eigenvalue weighted by atomic mass is 15.1. The van der Waals surface area contributed by atoms with E-state index in [9.17, 15) is 11.0 Å². The van der Waals surface area contributed by atoms with Crippen LogP contribution in [0.25, 0.3) is 76.8 Å². The molecule has 10 aromatic carbocycles. The smallest absolute Gasteiger partial charge is 0.0645 e. The van der Waals surface area contributed by atoms with Crippen LogP contribution in [-0.4, -0.2) is 0 Å². The zero-order valence-corrected chi connectivity index (χ0v) is 29.7. The van der Waals surface area contributed by atoms with Crippen LogP contribution < -0.4 is 4.90 Å². The molecule has 10 rings (SSSR count). The molecular formula is C54H37N. The van der Waals surface area contributed by atoms with E-state index >= 15 is 0 Å². The average Bonchev–Trinajstić information content (AvgIpc) is 3.32. The van der Waals surface area contributed by atoms with Gasteiger partial charge in [0.1, 0.15) is 0 Å². The van der Waals surface area contributed by atoms with Crippen LogP contribution in [0, 0.1) is 0 Å². The molecule has 0 unspecified atom stereocenters. The van der Waals surface area contributed by atoms with Crippen molar-refractivity contribution in [3.05, 3.63) is 224 Å². The van der Waals surface area contributed by atoms with Crippen LogP contribution >= 0.6 is 0 Å². The summed E-state index contributed by atoms with van der Waals surface area (Å²) in [6.07, 6.45) is 0. The molecule has 1 nitrogen and oxygen atoms in total. The fourth-order valence-electron chi connectivity index (χ4n) is 7.49. The second-order valence-electron chi connectivity index (χ2n) is 13.5. The Labute approximate surface area is 333 Å². The van der Waals surface area contributed by atoms with Gasteiger partial charge in [0.05, 0.1) is 11.0 Å². The van der Waals surface area contributed by atoms with E-state index in [1.807, 2.05) is 103 Å². The minimum Gasteiger partial charge on any atom is -0.311 e. The first-order valence-electron chi connectivity index (χ1n) is 22.3. The summed E-state index contributed by atoms with van der Waals surface area (Å²) in [5.41, 5.74) is 5.11. The minimum absolute atomic E-state index is 0.113. The Morgan fingerprint density at radius 3 is 1.45 bits per heavy atom. The highest BCUT2D eigenvalue weighted by Gasteiger charge is 2.16. The maximum atomic E-state index is 9.59. The van der Waals surface area contributed by atoms with Crippen molar-refractivity contribution in [2.45, 2.75) is 0 Å². The summed E-state index contributed by atoms with van der Waals surface area (Å²) in [5.74, 6) is 0. The molecule has 0 heterocycles. The van der Waals surface area contributed by atoms with Crippen molar-refractivity contribution in [2.75, 3.05) is 4.90 Å². The second kappa shape index (κ2) is 14.0. The molecule has 258 valence electrons. The van der Waals surface area contributed by atoms with Crippen LogP contribution in [0.1, 0.15) is 11.0 Å². The summed E-state index contributed by atoms with van der Waals surface area (Å²) < 4.78 is 75.4. The fourth-order valence-corrected chi connectivity index (χ4v) is 7.49. The number of nitrogens with zero attached hydrogens (tertiary/aromatic N) is 1.